The van der Waals surface area contributed by atoms with E-state index in [1.807, 2.05) is 30.3 Å². The van der Waals surface area contributed by atoms with Crippen LogP contribution in [0.1, 0.15) is 18.4 Å². The van der Waals surface area contributed by atoms with E-state index in [0.717, 1.165) is 5.56 Å². The van der Waals surface area contributed by atoms with Crippen LogP contribution in [-0.2, 0) is 20.9 Å². The Balaban J connectivity index is 2.30. The first kappa shape index (κ1) is 21.7. The molecular weight excluding hydrogens is 406 g/mol. The van der Waals surface area contributed by atoms with Gasteiger partial charge in [-0.25, -0.2) is 4.79 Å². The molecular formula is C17H22BrN3O5. The van der Waals surface area contributed by atoms with E-state index in [2.05, 4.69) is 33.1 Å². The van der Waals surface area contributed by atoms with E-state index in [0.29, 0.717) is 4.48 Å². The predicted molar refractivity (Wildman–Crippen MR) is 99.1 cm³/mol. The summed E-state index contributed by atoms with van der Waals surface area (Å²) in [4.78, 5) is 34.7. The molecule has 0 saturated carbocycles. The third-order valence-electron chi connectivity index (χ3n) is 3.22. The molecule has 5 N–H and O–H groups in total. The summed E-state index contributed by atoms with van der Waals surface area (Å²) in [5, 5.41) is 14.6. The van der Waals surface area contributed by atoms with Gasteiger partial charge in [0.25, 0.3) is 0 Å². The van der Waals surface area contributed by atoms with Gasteiger partial charge in [0.2, 0.25) is 11.8 Å². The largest absolute Gasteiger partial charge is 0.445 e. The normalized spacial score (nSPS) is 12.5. The lowest BCUT2D eigenvalue weighted by Gasteiger charge is -2.17. The zero-order valence-electron chi connectivity index (χ0n) is 14.1. The minimum Gasteiger partial charge on any atom is -0.445 e. The molecule has 8 nitrogen and oxygen atoms in total. The molecule has 0 fully saturated rings. The molecule has 1 rings (SSSR count). The molecule has 1 aromatic carbocycles. The fourth-order valence-electron chi connectivity index (χ4n) is 1.96. The molecule has 0 heterocycles. The Morgan fingerprint density at radius 2 is 1.88 bits per heavy atom. The zero-order chi connectivity index (χ0) is 19.5. The molecule has 0 aliphatic carbocycles. The lowest BCUT2D eigenvalue weighted by molar-refractivity contribution is -0.128. The Labute approximate surface area is 159 Å². The highest BCUT2D eigenvalue weighted by atomic mass is 79.9. The van der Waals surface area contributed by atoms with Crippen molar-refractivity contribution < 1.29 is 24.2 Å². The van der Waals surface area contributed by atoms with Crippen LogP contribution < -0.4 is 16.4 Å². The van der Waals surface area contributed by atoms with Gasteiger partial charge in [-0.2, -0.15) is 0 Å². The van der Waals surface area contributed by atoms with E-state index >= 15 is 0 Å². The number of alkyl carbamates (subject to hydrolysis) is 1. The molecule has 0 spiro atoms. The second-order valence-corrected chi connectivity index (χ2v) is 6.67. The summed E-state index contributed by atoms with van der Waals surface area (Å²) in [6.07, 6.45) is -2.02. The topological polar surface area (TPSA) is 131 Å². The highest BCUT2D eigenvalue weighted by Gasteiger charge is 2.20. The molecule has 0 aliphatic rings. The van der Waals surface area contributed by atoms with Gasteiger partial charge in [-0.1, -0.05) is 52.8 Å². The van der Waals surface area contributed by atoms with Crippen molar-refractivity contribution >= 4 is 33.8 Å². The number of halogens is 1. The molecule has 1 aromatic rings. The second kappa shape index (κ2) is 11.3. The summed E-state index contributed by atoms with van der Waals surface area (Å²) in [5.74, 6) is -1.29. The summed E-state index contributed by atoms with van der Waals surface area (Å²) in [5.41, 5.74) is 6.02. The van der Waals surface area contributed by atoms with Crippen LogP contribution in [0.2, 0.25) is 0 Å². The van der Waals surface area contributed by atoms with E-state index < -0.39 is 30.1 Å². The number of hydrogen-bond acceptors (Lipinski definition) is 5. The molecule has 0 saturated heterocycles. The van der Waals surface area contributed by atoms with Gasteiger partial charge >= 0.3 is 6.09 Å². The van der Waals surface area contributed by atoms with Gasteiger partial charge in [-0.15, -0.1) is 0 Å². The first-order valence-electron chi connectivity index (χ1n) is 7.82. The van der Waals surface area contributed by atoms with Crippen LogP contribution in [0.4, 0.5) is 4.79 Å². The van der Waals surface area contributed by atoms with Crippen LogP contribution in [0.5, 0.6) is 0 Å². The van der Waals surface area contributed by atoms with Crippen molar-refractivity contribution in [1.29, 1.82) is 0 Å². The third-order valence-corrected chi connectivity index (χ3v) is 3.54. The highest BCUT2D eigenvalue weighted by Crippen LogP contribution is 2.10. The standard InChI is InChI=1S/C17H22BrN3O5/c1-11(18)7-14(16(19)24)21-15(23)8-13(22)9-20-17(25)26-10-12-5-3-2-4-6-12/h2-6,13-14,22H,1,7-10H2,(H2,19,24)(H,20,25)(H,21,23)/t13-,14-/m1/s1. The average molecular weight is 428 g/mol. The molecule has 0 aliphatic heterocycles. The number of benzene rings is 1. The maximum absolute atomic E-state index is 11.8. The van der Waals surface area contributed by atoms with Crippen LogP contribution in [0.25, 0.3) is 0 Å². The summed E-state index contributed by atoms with van der Waals surface area (Å²) >= 11 is 3.09. The van der Waals surface area contributed by atoms with Crippen LogP contribution >= 0.6 is 15.9 Å². The van der Waals surface area contributed by atoms with Gasteiger partial charge in [-0.05, 0) is 10.0 Å². The minimum atomic E-state index is -1.14. The molecule has 2 atom stereocenters. The smallest absolute Gasteiger partial charge is 0.407 e. The molecule has 142 valence electrons. The van der Waals surface area contributed by atoms with Gasteiger partial charge in [0.1, 0.15) is 12.6 Å². The number of rotatable bonds is 10. The van der Waals surface area contributed by atoms with Crippen molar-refractivity contribution in [3.05, 3.63) is 47.0 Å². The Kier molecular flexibility index (Phi) is 9.38. The maximum atomic E-state index is 11.8. The number of aliphatic hydroxyl groups is 1. The average Bonchev–Trinajstić information content (AvgIpc) is 2.58. The quantitative estimate of drug-likeness (QED) is 0.441. The Hall–Kier alpha value is -2.39. The zero-order valence-corrected chi connectivity index (χ0v) is 15.7. The number of nitrogens with one attached hydrogen (secondary N) is 2. The van der Waals surface area contributed by atoms with Gasteiger partial charge in [0, 0.05) is 13.0 Å². The summed E-state index contributed by atoms with van der Waals surface area (Å²) in [6, 6.07) is 8.19. The van der Waals surface area contributed by atoms with E-state index in [1.54, 1.807) is 0 Å². The second-order valence-electron chi connectivity index (χ2n) is 5.54. The van der Waals surface area contributed by atoms with Gasteiger partial charge in [0.15, 0.2) is 0 Å². The highest BCUT2D eigenvalue weighted by molar-refractivity contribution is 9.11. The number of aliphatic hydroxyl groups excluding tert-OH is 1. The van der Waals surface area contributed by atoms with Gasteiger partial charge < -0.3 is 26.2 Å². The molecule has 0 aromatic heterocycles. The SMILES string of the molecule is C=C(Br)C[C@@H](NC(=O)C[C@@H](O)CNC(=O)OCc1ccccc1)C(N)=O. The van der Waals surface area contributed by atoms with Gasteiger partial charge in [-0.3, -0.25) is 9.59 Å². The number of amides is 3. The molecule has 26 heavy (non-hydrogen) atoms. The van der Waals surface area contributed by atoms with E-state index in [4.69, 9.17) is 10.5 Å². The van der Waals surface area contributed by atoms with Crippen molar-refractivity contribution in [2.75, 3.05) is 6.54 Å². The van der Waals surface area contributed by atoms with Crippen molar-refractivity contribution in [2.45, 2.75) is 31.6 Å². The maximum Gasteiger partial charge on any atom is 0.407 e. The number of nitrogens with two attached hydrogens (primary N) is 1. The van der Waals surface area contributed by atoms with Crippen molar-refractivity contribution in [3.63, 3.8) is 0 Å². The predicted octanol–water partition coefficient (Wildman–Crippen LogP) is 0.933. The summed E-state index contributed by atoms with van der Waals surface area (Å²) in [6.45, 7) is 3.50. The fourth-order valence-corrected chi connectivity index (χ4v) is 2.28. The lowest BCUT2D eigenvalue weighted by atomic mass is 10.1. The summed E-state index contributed by atoms with van der Waals surface area (Å²) < 4.78 is 5.49. The molecule has 0 bridgehead atoms. The Morgan fingerprint density at radius 3 is 2.46 bits per heavy atom. The van der Waals surface area contributed by atoms with Crippen LogP contribution in [0, 0.1) is 0 Å². The van der Waals surface area contributed by atoms with E-state index in [9.17, 15) is 19.5 Å². The summed E-state index contributed by atoms with van der Waals surface area (Å²) in [7, 11) is 0. The molecule has 3 amide bonds. The number of hydrogen-bond donors (Lipinski definition) is 4. The number of primary amides is 1. The number of carbonyl (C=O) groups excluding carboxylic acids is 3. The number of carbonyl (C=O) groups is 3. The lowest BCUT2D eigenvalue weighted by Crippen LogP contribution is -2.46. The molecule has 0 unspecified atom stereocenters. The van der Waals surface area contributed by atoms with Crippen LogP contribution in [-0.4, -0.2) is 41.7 Å². The minimum absolute atomic E-state index is 0.0972. The van der Waals surface area contributed by atoms with Crippen molar-refractivity contribution in [3.8, 4) is 0 Å². The molecule has 9 heteroatoms. The first-order valence-corrected chi connectivity index (χ1v) is 8.61. The monoisotopic (exact) mass is 427 g/mol. The number of ether oxygens (including phenoxy) is 1. The van der Waals surface area contributed by atoms with E-state index in [1.165, 1.54) is 0 Å². The fraction of sp³-hybridized carbons (Fsp3) is 0.353. The van der Waals surface area contributed by atoms with Crippen LogP contribution in [0.15, 0.2) is 41.4 Å². The van der Waals surface area contributed by atoms with Gasteiger partial charge in [0.05, 0.1) is 12.5 Å². The van der Waals surface area contributed by atoms with Crippen LogP contribution in [0.3, 0.4) is 0 Å². The Morgan fingerprint density at radius 1 is 1.23 bits per heavy atom. The van der Waals surface area contributed by atoms with Crippen molar-refractivity contribution in [1.82, 2.24) is 10.6 Å². The third kappa shape index (κ3) is 9.19. The van der Waals surface area contributed by atoms with E-state index in [-0.39, 0.29) is 26.0 Å². The molecule has 0 radical (unpaired) electrons. The van der Waals surface area contributed by atoms with Crippen molar-refractivity contribution in [2.24, 2.45) is 5.73 Å². The Bertz CT molecular complexity index is 639. The first-order chi connectivity index (χ1) is 12.3.